The van der Waals surface area contributed by atoms with E-state index >= 15 is 0 Å². The molecular weight excluding hydrogens is 328 g/mol. The van der Waals surface area contributed by atoms with Gasteiger partial charge < -0.3 is 5.32 Å². The molecule has 6 heteroatoms. The molecule has 2 atom stereocenters. The van der Waals surface area contributed by atoms with Gasteiger partial charge in [0.1, 0.15) is 0 Å². The molecule has 0 aliphatic rings. The third-order valence-corrected chi connectivity index (χ3v) is 4.41. The summed E-state index contributed by atoms with van der Waals surface area (Å²) in [6.07, 6.45) is 1.67. The Labute approximate surface area is 125 Å². The van der Waals surface area contributed by atoms with Gasteiger partial charge in [-0.25, -0.2) is 0 Å². The van der Waals surface area contributed by atoms with Crippen molar-refractivity contribution >= 4 is 38.3 Å². The Balaban J connectivity index is 2.51. The molecule has 0 fully saturated rings. The Morgan fingerprint density at radius 2 is 2.11 bits per heavy atom. The fourth-order valence-electron chi connectivity index (χ4n) is 1.60. The fraction of sp³-hybridized carbons (Fsp3) is 0.462. The van der Waals surface area contributed by atoms with Crippen molar-refractivity contribution in [1.82, 2.24) is 4.90 Å². The van der Waals surface area contributed by atoms with Crippen LogP contribution in [-0.2, 0) is 15.6 Å². The first kappa shape index (κ1) is 16.3. The van der Waals surface area contributed by atoms with Crippen LogP contribution in [0.15, 0.2) is 28.7 Å². The second kappa shape index (κ2) is 7.77. The quantitative estimate of drug-likeness (QED) is 0.857. The summed E-state index contributed by atoms with van der Waals surface area (Å²) < 4.78 is 12.0. The first-order valence-electron chi connectivity index (χ1n) is 5.94. The first-order chi connectivity index (χ1) is 8.90. The van der Waals surface area contributed by atoms with Crippen LogP contribution in [-0.4, -0.2) is 46.7 Å². The number of para-hydroxylation sites is 1. The molecule has 1 aromatic rings. The van der Waals surface area contributed by atoms with Gasteiger partial charge in [0.15, 0.2) is 0 Å². The van der Waals surface area contributed by atoms with Crippen LogP contribution in [0.1, 0.15) is 6.92 Å². The molecule has 0 radical (unpaired) electrons. The molecule has 4 nitrogen and oxygen atoms in total. The van der Waals surface area contributed by atoms with Crippen molar-refractivity contribution in [3.05, 3.63) is 28.7 Å². The molecule has 0 spiro atoms. The number of nitrogens with zero attached hydrogens (tertiary/aromatic N) is 1. The zero-order valence-electron chi connectivity index (χ0n) is 11.4. The Bertz CT molecular complexity index is 468. The number of likely N-dealkylation sites (N-methyl/N-ethyl adjacent to an activating group) is 1. The van der Waals surface area contributed by atoms with Gasteiger partial charge in [-0.1, -0.05) is 12.1 Å². The molecule has 0 unspecified atom stereocenters. The lowest BCUT2D eigenvalue weighted by molar-refractivity contribution is -0.117. The van der Waals surface area contributed by atoms with Crippen LogP contribution in [0.2, 0.25) is 0 Å². The average molecular weight is 347 g/mol. The van der Waals surface area contributed by atoms with E-state index in [0.29, 0.717) is 5.75 Å². The molecule has 1 amide bonds. The molecule has 0 aliphatic carbocycles. The van der Waals surface area contributed by atoms with Crippen LogP contribution in [0.4, 0.5) is 5.69 Å². The van der Waals surface area contributed by atoms with E-state index < -0.39 is 10.8 Å². The van der Waals surface area contributed by atoms with Crippen LogP contribution in [0.25, 0.3) is 0 Å². The van der Waals surface area contributed by atoms with Crippen LogP contribution in [0, 0.1) is 0 Å². The molecule has 0 saturated carbocycles. The van der Waals surface area contributed by atoms with Gasteiger partial charge in [0.25, 0.3) is 0 Å². The van der Waals surface area contributed by atoms with E-state index in [2.05, 4.69) is 21.2 Å². The van der Waals surface area contributed by atoms with Crippen LogP contribution in [0.3, 0.4) is 0 Å². The van der Waals surface area contributed by atoms with E-state index in [0.717, 1.165) is 10.2 Å². The molecule has 106 valence electrons. The molecule has 0 saturated heterocycles. The Morgan fingerprint density at radius 3 is 2.68 bits per heavy atom. The number of hydrogen-bond donors (Lipinski definition) is 1. The summed E-state index contributed by atoms with van der Waals surface area (Å²) in [6, 6.07) is 7.59. The van der Waals surface area contributed by atoms with Gasteiger partial charge in [-0.05, 0) is 42.0 Å². The second-order valence-electron chi connectivity index (χ2n) is 4.53. The van der Waals surface area contributed by atoms with E-state index in [1.165, 1.54) is 0 Å². The standard InChI is InChI=1S/C13H19BrN2O2S/c1-10(9-19(3)18)16(2)8-13(17)15-12-7-5-4-6-11(12)14/h4-7,10H,8-9H2,1-3H3,(H,15,17)/t10-,19-/m0/s1. The number of nitrogens with one attached hydrogen (secondary N) is 1. The monoisotopic (exact) mass is 346 g/mol. The zero-order chi connectivity index (χ0) is 14.4. The van der Waals surface area contributed by atoms with Gasteiger partial charge in [0, 0.05) is 33.3 Å². The van der Waals surface area contributed by atoms with Crippen molar-refractivity contribution in [2.24, 2.45) is 0 Å². The summed E-state index contributed by atoms with van der Waals surface area (Å²) in [5.74, 6) is 0.488. The maximum Gasteiger partial charge on any atom is 0.238 e. The molecule has 0 heterocycles. The molecule has 0 aliphatic heterocycles. The van der Waals surface area contributed by atoms with Crippen molar-refractivity contribution in [3.8, 4) is 0 Å². The molecule has 1 N–H and O–H groups in total. The molecule has 1 rings (SSSR count). The predicted molar refractivity (Wildman–Crippen MR) is 83.8 cm³/mol. The highest BCUT2D eigenvalue weighted by molar-refractivity contribution is 9.10. The molecule has 0 aromatic heterocycles. The number of amides is 1. The predicted octanol–water partition coefficient (Wildman–Crippen LogP) is 2.09. The van der Waals surface area contributed by atoms with Gasteiger partial charge in [-0.2, -0.15) is 0 Å². The lowest BCUT2D eigenvalue weighted by atomic mass is 10.3. The summed E-state index contributed by atoms with van der Waals surface area (Å²) in [6.45, 7) is 2.24. The maximum atomic E-state index is 11.9. The van der Waals surface area contributed by atoms with Gasteiger partial charge >= 0.3 is 0 Å². The van der Waals surface area contributed by atoms with Gasteiger partial charge in [-0.3, -0.25) is 13.9 Å². The largest absolute Gasteiger partial charge is 0.324 e. The average Bonchev–Trinajstić information content (AvgIpc) is 2.31. The fourth-order valence-corrected chi connectivity index (χ4v) is 2.92. The molecule has 19 heavy (non-hydrogen) atoms. The van der Waals surface area contributed by atoms with E-state index in [1.807, 2.05) is 43.1 Å². The SMILES string of the molecule is C[C@@H](C[S@](C)=O)N(C)CC(=O)Nc1ccccc1Br. The minimum absolute atomic E-state index is 0.0804. The topological polar surface area (TPSA) is 49.4 Å². The summed E-state index contributed by atoms with van der Waals surface area (Å²) >= 11 is 3.38. The number of benzene rings is 1. The zero-order valence-corrected chi connectivity index (χ0v) is 13.8. The van der Waals surface area contributed by atoms with E-state index in [9.17, 15) is 9.00 Å². The smallest absolute Gasteiger partial charge is 0.238 e. The maximum absolute atomic E-state index is 11.9. The van der Waals surface area contributed by atoms with Crippen LogP contribution < -0.4 is 5.32 Å². The van der Waals surface area contributed by atoms with E-state index in [4.69, 9.17) is 0 Å². The van der Waals surface area contributed by atoms with Gasteiger partial charge in [0.05, 0.1) is 12.2 Å². The third-order valence-electron chi connectivity index (χ3n) is 2.77. The number of carbonyl (C=O) groups is 1. The van der Waals surface area contributed by atoms with Crippen LogP contribution in [0.5, 0.6) is 0 Å². The molecule has 1 aromatic carbocycles. The Morgan fingerprint density at radius 1 is 1.47 bits per heavy atom. The van der Waals surface area contributed by atoms with E-state index in [-0.39, 0.29) is 18.5 Å². The van der Waals surface area contributed by atoms with Crippen molar-refractivity contribution in [1.29, 1.82) is 0 Å². The highest BCUT2D eigenvalue weighted by Gasteiger charge is 2.14. The normalized spacial score (nSPS) is 14.2. The number of carbonyl (C=O) groups excluding carboxylic acids is 1. The van der Waals surface area contributed by atoms with Crippen molar-refractivity contribution in [2.45, 2.75) is 13.0 Å². The summed E-state index contributed by atoms with van der Waals surface area (Å²) in [5.41, 5.74) is 0.757. The molecule has 0 bridgehead atoms. The van der Waals surface area contributed by atoms with E-state index in [1.54, 1.807) is 6.26 Å². The summed E-state index contributed by atoms with van der Waals surface area (Å²) in [7, 11) is 1.00. The summed E-state index contributed by atoms with van der Waals surface area (Å²) in [4.78, 5) is 13.8. The van der Waals surface area contributed by atoms with Crippen molar-refractivity contribution in [2.75, 3.05) is 30.9 Å². The Kier molecular flexibility index (Phi) is 6.68. The summed E-state index contributed by atoms with van der Waals surface area (Å²) in [5, 5.41) is 2.85. The number of hydrogen-bond acceptors (Lipinski definition) is 3. The van der Waals surface area contributed by atoms with Gasteiger partial charge in [-0.15, -0.1) is 0 Å². The minimum atomic E-state index is -0.854. The Hall–Kier alpha value is -0.720. The lowest BCUT2D eigenvalue weighted by Gasteiger charge is -2.23. The number of rotatable bonds is 6. The number of anilines is 1. The highest BCUT2D eigenvalue weighted by atomic mass is 79.9. The molecular formula is C13H19BrN2O2S. The lowest BCUT2D eigenvalue weighted by Crippen LogP contribution is -2.39. The minimum Gasteiger partial charge on any atom is -0.324 e. The third kappa shape index (κ3) is 5.84. The van der Waals surface area contributed by atoms with Crippen molar-refractivity contribution in [3.63, 3.8) is 0 Å². The van der Waals surface area contributed by atoms with Crippen molar-refractivity contribution < 1.29 is 9.00 Å². The number of halogens is 1. The second-order valence-corrected chi connectivity index (χ2v) is 6.87. The van der Waals surface area contributed by atoms with Crippen LogP contribution >= 0.6 is 15.9 Å². The highest BCUT2D eigenvalue weighted by Crippen LogP contribution is 2.20. The first-order valence-corrected chi connectivity index (χ1v) is 8.47. The van der Waals surface area contributed by atoms with Gasteiger partial charge in [0.2, 0.25) is 5.91 Å².